The number of piperazine rings is 1. The van der Waals surface area contributed by atoms with Gasteiger partial charge in [-0.25, -0.2) is 8.78 Å². The summed E-state index contributed by atoms with van der Waals surface area (Å²) >= 11 is 0. The van der Waals surface area contributed by atoms with Gasteiger partial charge in [-0.1, -0.05) is 0 Å². The highest BCUT2D eigenvalue weighted by Crippen LogP contribution is 2.31. The van der Waals surface area contributed by atoms with Crippen molar-refractivity contribution in [3.63, 3.8) is 0 Å². The molecule has 176 valence electrons. The normalized spacial score (nSPS) is 28.0. The first kappa shape index (κ1) is 22.9. The van der Waals surface area contributed by atoms with Crippen molar-refractivity contribution in [1.82, 2.24) is 15.5 Å². The molecule has 2 amide bonds. The number of nitrogens with one attached hydrogen (secondary N) is 3. The molecule has 0 bridgehead atoms. The first-order valence-electron chi connectivity index (χ1n) is 11.6. The van der Waals surface area contributed by atoms with Gasteiger partial charge >= 0.3 is 0 Å². The third-order valence-electron chi connectivity index (χ3n) is 6.94. The number of piperidine rings is 2. The number of benzene rings is 1. The van der Waals surface area contributed by atoms with Gasteiger partial charge in [0, 0.05) is 43.8 Å². The summed E-state index contributed by atoms with van der Waals surface area (Å²) in [6.45, 7) is 8.51. The lowest BCUT2D eigenvalue weighted by Gasteiger charge is -2.47. The molecule has 7 nitrogen and oxygen atoms in total. The van der Waals surface area contributed by atoms with Gasteiger partial charge in [-0.05, 0) is 64.3 Å². The molecule has 1 unspecified atom stereocenters. The van der Waals surface area contributed by atoms with Gasteiger partial charge in [0.05, 0.1) is 0 Å². The van der Waals surface area contributed by atoms with Crippen molar-refractivity contribution >= 4 is 23.2 Å². The Kier molecular flexibility index (Phi) is 6.95. The van der Waals surface area contributed by atoms with Crippen molar-refractivity contribution in [2.75, 3.05) is 42.9 Å². The Balaban J connectivity index is 1.43. The van der Waals surface area contributed by atoms with Crippen molar-refractivity contribution in [3.8, 4) is 0 Å². The van der Waals surface area contributed by atoms with E-state index in [-0.39, 0.29) is 35.8 Å². The molecule has 3 heterocycles. The molecule has 9 heteroatoms. The molecule has 3 saturated heterocycles. The van der Waals surface area contributed by atoms with Crippen LogP contribution in [0.25, 0.3) is 0 Å². The molecule has 0 saturated carbocycles. The van der Waals surface area contributed by atoms with Crippen LogP contribution in [0.5, 0.6) is 0 Å². The second-order valence-electron chi connectivity index (χ2n) is 9.43. The lowest BCUT2D eigenvalue weighted by Crippen LogP contribution is -2.58. The number of halogens is 2. The maximum atomic E-state index is 15.0. The molecule has 0 aromatic heterocycles. The zero-order valence-electron chi connectivity index (χ0n) is 18.8. The smallest absolute Gasteiger partial charge is 0.249 e. The van der Waals surface area contributed by atoms with E-state index in [0.717, 1.165) is 19.6 Å². The number of rotatable bonds is 5. The van der Waals surface area contributed by atoms with Crippen molar-refractivity contribution in [2.24, 2.45) is 5.92 Å². The molecular weight excluding hydrogens is 416 g/mol. The molecule has 0 aliphatic carbocycles. The van der Waals surface area contributed by atoms with Crippen LogP contribution in [0.1, 0.15) is 39.5 Å². The number of imide groups is 1. The zero-order chi connectivity index (χ0) is 22.8. The van der Waals surface area contributed by atoms with E-state index in [0.29, 0.717) is 25.4 Å². The van der Waals surface area contributed by atoms with Gasteiger partial charge in [0.1, 0.15) is 11.7 Å². The fraction of sp³-hybridized carbons (Fsp3) is 0.652. The number of nitrogens with zero attached hydrogens (tertiary/aromatic N) is 2. The SMILES string of the molecule is C[C@@H]1CN(c2c(F)cc(NC3CCC(=O)NC3=O)cc2F)C[C@H](C)N1CC1CCNCC1. The largest absolute Gasteiger partial charge is 0.373 e. The number of amides is 2. The average molecular weight is 450 g/mol. The van der Waals surface area contributed by atoms with Crippen LogP contribution < -0.4 is 20.9 Å². The molecule has 1 aromatic carbocycles. The molecule has 3 atom stereocenters. The highest BCUT2D eigenvalue weighted by atomic mass is 19.1. The fourth-order valence-electron chi connectivity index (χ4n) is 5.24. The van der Waals surface area contributed by atoms with Gasteiger partial charge in [-0.3, -0.25) is 19.8 Å². The van der Waals surface area contributed by atoms with Gasteiger partial charge in [-0.2, -0.15) is 0 Å². The third kappa shape index (κ3) is 5.04. The van der Waals surface area contributed by atoms with Gasteiger partial charge in [0.25, 0.3) is 0 Å². The molecule has 0 radical (unpaired) electrons. The van der Waals surface area contributed by atoms with Crippen molar-refractivity contribution < 1.29 is 18.4 Å². The van der Waals surface area contributed by atoms with Crippen LogP contribution in [0.15, 0.2) is 12.1 Å². The van der Waals surface area contributed by atoms with E-state index >= 15 is 8.78 Å². The van der Waals surface area contributed by atoms with Crippen LogP contribution >= 0.6 is 0 Å². The monoisotopic (exact) mass is 449 g/mol. The van der Waals surface area contributed by atoms with E-state index < -0.39 is 23.6 Å². The minimum Gasteiger partial charge on any atom is -0.373 e. The average Bonchev–Trinajstić information content (AvgIpc) is 2.73. The van der Waals surface area contributed by atoms with Crippen LogP contribution in [0.4, 0.5) is 20.2 Å². The van der Waals surface area contributed by atoms with Crippen LogP contribution in [0.2, 0.25) is 0 Å². The van der Waals surface area contributed by atoms with Crippen LogP contribution in [0.3, 0.4) is 0 Å². The minimum atomic E-state index is -0.684. The molecule has 3 aliphatic heterocycles. The summed E-state index contributed by atoms with van der Waals surface area (Å²) in [5.41, 5.74) is 0.183. The van der Waals surface area contributed by atoms with E-state index in [1.165, 1.54) is 25.0 Å². The first-order chi connectivity index (χ1) is 15.3. The summed E-state index contributed by atoms with van der Waals surface area (Å²) in [6, 6.07) is 2.16. The first-order valence-corrected chi connectivity index (χ1v) is 11.6. The van der Waals surface area contributed by atoms with Gasteiger partial charge in [0.2, 0.25) is 11.8 Å². The predicted octanol–water partition coefficient (Wildman–Crippen LogP) is 2.08. The molecule has 0 spiro atoms. The summed E-state index contributed by atoms with van der Waals surface area (Å²) in [5, 5.41) is 8.50. The molecule has 3 aliphatic rings. The maximum absolute atomic E-state index is 15.0. The topological polar surface area (TPSA) is 76.7 Å². The van der Waals surface area contributed by atoms with E-state index in [2.05, 4.69) is 34.7 Å². The number of carbonyl (C=O) groups is 2. The van der Waals surface area contributed by atoms with E-state index in [1.807, 2.05) is 0 Å². The van der Waals surface area contributed by atoms with E-state index in [9.17, 15) is 9.59 Å². The number of hydrogen-bond donors (Lipinski definition) is 3. The summed E-state index contributed by atoms with van der Waals surface area (Å²) in [5.74, 6) is -1.43. The van der Waals surface area contributed by atoms with Gasteiger partial charge in [0.15, 0.2) is 11.6 Å². The second-order valence-corrected chi connectivity index (χ2v) is 9.43. The zero-order valence-corrected chi connectivity index (χ0v) is 18.8. The van der Waals surface area contributed by atoms with Gasteiger partial charge < -0.3 is 15.5 Å². The Bertz CT molecular complexity index is 826. The molecule has 32 heavy (non-hydrogen) atoms. The second kappa shape index (κ2) is 9.70. The Hall–Kier alpha value is -2.26. The molecule has 1 aromatic rings. The summed E-state index contributed by atoms with van der Waals surface area (Å²) < 4.78 is 30.1. The van der Waals surface area contributed by atoms with Crippen molar-refractivity contribution in [1.29, 1.82) is 0 Å². The number of anilines is 2. The minimum absolute atomic E-state index is 0.0148. The quantitative estimate of drug-likeness (QED) is 0.598. The standard InChI is InChI=1S/C23H33F2N5O2/c1-14-11-29(12-15(2)30(14)13-16-5-7-26-8-6-16)22-18(24)9-17(10-19(22)25)27-20-3-4-21(31)28-23(20)32/h9-10,14-16,20,26-27H,3-8,11-13H2,1-2H3,(H,28,31,32)/t14-,15+,20?. The fourth-order valence-corrected chi connectivity index (χ4v) is 5.24. The van der Waals surface area contributed by atoms with Crippen LogP contribution in [-0.2, 0) is 9.59 Å². The van der Waals surface area contributed by atoms with E-state index in [4.69, 9.17) is 0 Å². The molecular formula is C23H33F2N5O2. The third-order valence-corrected chi connectivity index (χ3v) is 6.94. The lowest BCUT2D eigenvalue weighted by molar-refractivity contribution is -0.133. The summed E-state index contributed by atoms with van der Waals surface area (Å²) in [6.07, 6.45) is 2.84. The van der Waals surface area contributed by atoms with Crippen molar-refractivity contribution in [3.05, 3.63) is 23.8 Å². The maximum Gasteiger partial charge on any atom is 0.249 e. The highest BCUT2D eigenvalue weighted by Gasteiger charge is 2.34. The molecule has 4 rings (SSSR count). The highest BCUT2D eigenvalue weighted by molar-refractivity contribution is 6.01. The Morgan fingerprint density at radius 2 is 1.66 bits per heavy atom. The Labute approximate surface area is 187 Å². The summed E-state index contributed by atoms with van der Waals surface area (Å²) in [4.78, 5) is 27.5. The Morgan fingerprint density at radius 3 is 2.25 bits per heavy atom. The van der Waals surface area contributed by atoms with Crippen molar-refractivity contribution in [2.45, 2.75) is 57.7 Å². The predicted molar refractivity (Wildman–Crippen MR) is 120 cm³/mol. The van der Waals surface area contributed by atoms with Gasteiger partial charge in [-0.15, -0.1) is 0 Å². The number of hydrogen-bond acceptors (Lipinski definition) is 6. The molecule has 3 N–H and O–H groups in total. The molecule has 3 fully saturated rings. The number of carbonyl (C=O) groups excluding carboxylic acids is 2. The summed E-state index contributed by atoms with van der Waals surface area (Å²) in [7, 11) is 0. The lowest BCUT2D eigenvalue weighted by atomic mass is 9.95. The van der Waals surface area contributed by atoms with Crippen LogP contribution in [0, 0.1) is 17.6 Å². The van der Waals surface area contributed by atoms with Crippen LogP contribution in [-0.4, -0.2) is 67.6 Å². The Morgan fingerprint density at radius 1 is 1.03 bits per heavy atom. The van der Waals surface area contributed by atoms with E-state index in [1.54, 1.807) is 4.90 Å².